The van der Waals surface area contributed by atoms with E-state index in [0.717, 1.165) is 16.7 Å². The Labute approximate surface area is 186 Å². The van der Waals surface area contributed by atoms with Crippen molar-refractivity contribution in [2.45, 2.75) is 39.3 Å². The largest absolute Gasteiger partial charge is 0.444 e. The molecule has 3 aromatic rings. The first-order valence-corrected chi connectivity index (χ1v) is 9.99. The Kier molecular flexibility index (Phi) is 6.25. The van der Waals surface area contributed by atoms with E-state index in [4.69, 9.17) is 27.9 Å². The molecule has 0 aliphatic heterocycles. The van der Waals surface area contributed by atoms with E-state index in [1.807, 2.05) is 0 Å². The molecule has 1 heterocycles. The van der Waals surface area contributed by atoms with Crippen LogP contribution in [0.5, 0.6) is 0 Å². The molecule has 10 heteroatoms. The third kappa shape index (κ3) is 4.97. The van der Waals surface area contributed by atoms with Crippen LogP contribution in [-0.2, 0) is 4.74 Å². The number of aromatic nitrogens is 2. The van der Waals surface area contributed by atoms with Crippen molar-refractivity contribution in [3.05, 3.63) is 68.2 Å². The lowest BCUT2D eigenvalue weighted by atomic mass is 10.2. The highest BCUT2D eigenvalue weighted by Crippen LogP contribution is 2.28. The predicted molar refractivity (Wildman–Crippen MR) is 115 cm³/mol. The number of hydrogen-bond donors (Lipinski definition) is 1. The molecule has 2 aromatic carbocycles. The van der Waals surface area contributed by atoms with Gasteiger partial charge in [-0.15, -0.1) is 0 Å². The van der Waals surface area contributed by atoms with Gasteiger partial charge in [-0.2, -0.15) is 0 Å². The minimum absolute atomic E-state index is 0.0162. The Morgan fingerprint density at radius 1 is 1.13 bits per heavy atom. The van der Waals surface area contributed by atoms with Gasteiger partial charge in [0, 0.05) is 6.07 Å². The zero-order chi connectivity index (χ0) is 23.1. The molecule has 1 atom stereocenters. The highest BCUT2D eigenvalue weighted by molar-refractivity contribution is 6.39. The minimum Gasteiger partial charge on any atom is -0.444 e. The molecule has 0 saturated heterocycles. The summed E-state index contributed by atoms with van der Waals surface area (Å²) in [4.78, 5) is 30.0. The topological polar surface area (TPSA) is 73.2 Å². The number of ether oxygens (including phenoxy) is 1. The third-order valence-electron chi connectivity index (χ3n) is 4.18. The van der Waals surface area contributed by atoms with Crippen molar-refractivity contribution in [2.24, 2.45) is 0 Å². The van der Waals surface area contributed by atoms with Gasteiger partial charge < -0.3 is 10.1 Å². The fraction of sp³-hybridized carbons (Fsp3) is 0.286. The molecule has 1 N–H and O–H groups in total. The average molecular weight is 470 g/mol. The fourth-order valence-corrected chi connectivity index (χ4v) is 3.42. The smallest absolute Gasteiger partial charge is 0.408 e. The van der Waals surface area contributed by atoms with Crippen molar-refractivity contribution in [3.8, 4) is 5.69 Å². The number of carbonyl (C=O) groups excluding carboxylic acids is 1. The summed E-state index contributed by atoms with van der Waals surface area (Å²) in [6.07, 6.45) is -0.761. The van der Waals surface area contributed by atoms with Crippen LogP contribution in [0.2, 0.25) is 10.0 Å². The molecular weight excluding hydrogens is 451 g/mol. The van der Waals surface area contributed by atoms with E-state index in [1.54, 1.807) is 27.7 Å². The zero-order valence-electron chi connectivity index (χ0n) is 17.1. The summed E-state index contributed by atoms with van der Waals surface area (Å²) in [7, 11) is 0. The number of halogens is 4. The van der Waals surface area contributed by atoms with Crippen LogP contribution in [0, 0.1) is 11.6 Å². The van der Waals surface area contributed by atoms with Crippen molar-refractivity contribution in [2.75, 3.05) is 0 Å². The van der Waals surface area contributed by atoms with Crippen molar-refractivity contribution >= 4 is 40.2 Å². The molecule has 0 fully saturated rings. The van der Waals surface area contributed by atoms with Crippen LogP contribution in [-0.4, -0.2) is 21.2 Å². The van der Waals surface area contributed by atoms with Gasteiger partial charge in [-0.3, -0.25) is 9.36 Å². The van der Waals surface area contributed by atoms with Gasteiger partial charge >= 0.3 is 6.09 Å². The molecule has 164 valence electrons. The van der Waals surface area contributed by atoms with Crippen molar-refractivity contribution < 1.29 is 18.3 Å². The lowest BCUT2D eigenvalue weighted by Crippen LogP contribution is -2.37. The van der Waals surface area contributed by atoms with E-state index in [1.165, 1.54) is 12.1 Å². The molecule has 0 aliphatic rings. The van der Waals surface area contributed by atoms with Gasteiger partial charge in [-0.1, -0.05) is 23.2 Å². The van der Waals surface area contributed by atoms with E-state index in [2.05, 4.69) is 10.3 Å². The van der Waals surface area contributed by atoms with Crippen LogP contribution < -0.4 is 10.9 Å². The lowest BCUT2D eigenvalue weighted by molar-refractivity contribution is 0.0505. The van der Waals surface area contributed by atoms with Crippen molar-refractivity contribution in [1.82, 2.24) is 14.9 Å². The molecule has 1 amide bonds. The third-order valence-corrected chi connectivity index (χ3v) is 4.80. The summed E-state index contributed by atoms with van der Waals surface area (Å²) >= 11 is 12.4. The number of benzene rings is 2. The SMILES string of the molecule is CC(NC(=O)OC(C)(C)C)c1nc2c(Cl)ccc(Cl)c2c(=O)n1-c1cc(F)cc(F)c1. The van der Waals surface area contributed by atoms with E-state index >= 15 is 0 Å². The Balaban J connectivity index is 2.27. The maximum Gasteiger partial charge on any atom is 0.408 e. The summed E-state index contributed by atoms with van der Waals surface area (Å²) in [5.74, 6) is -1.80. The molecule has 0 bridgehead atoms. The summed E-state index contributed by atoms with van der Waals surface area (Å²) in [6, 6.07) is 4.62. The molecule has 3 rings (SSSR count). The summed E-state index contributed by atoms with van der Waals surface area (Å²) in [5.41, 5.74) is -1.49. The summed E-state index contributed by atoms with van der Waals surface area (Å²) in [6.45, 7) is 6.62. The van der Waals surface area contributed by atoms with Crippen LogP contribution in [0.25, 0.3) is 16.6 Å². The molecule has 0 spiro atoms. The predicted octanol–water partition coefficient (Wildman–Crippen LogP) is 5.56. The molecule has 0 aliphatic carbocycles. The highest BCUT2D eigenvalue weighted by atomic mass is 35.5. The van der Waals surface area contributed by atoms with Crippen LogP contribution in [0.15, 0.2) is 35.1 Å². The Hall–Kier alpha value is -2.71. The first-order chi connectivity index (χ1) is 14.4. The molecular formula is C21H19Cl2F2N3O3. The molecule has 0 saturated carbocycles. The maximum absolute atomic E-state index is 13.9. The second kappa shape index (κ2) is 8.43. The standard InChI is InChI=1S/C21H19Cl2F2N3O3/c1-10(26-20(30)31-21(2,3)4)18-27-17-15(23)6-5-14(22)16(17)19(29)28(18)13-8-11(24)7-12(25)9-13/h5-10H,1-4H3,(H,26,30). The molecule has 1 aromatic heterocycles. The van der Waals surface area contributed by atoms with Gasteiger partial charge in [0.15, 0.2) is 0 Å². The van der Waals surface area contributed by atoms with Gasteiger partial charge in [0.1, 0.15) is 23.1 Å². The Morgan fingerprint density at radius 2 is 1.71 bits per heavy atom. The van der Waals surface area contributed by atoms with Gasteiger partial charge in [-0.05, 0) is 52.0 Å². The lowest BCUT2D eigenvalue weighted by Gasteiger charge is -2.23. The summed E-state index contributed by atoms with van der Waals surface area (Å²) < 4.78 is 34.1. The number of amides is 1. The monoisotopic (exact) mass is 469 g/mol. The van der Waals surface area contributed by atoms with Crippen molar-refractivity contribution in [3.63, 3.8) is 0 Å². The maximum atomic E-state index is 13.9. The van der Waals surface area contributed by atoms with E-state index < -0.39 is 34.9 Å². The number of hydrogen-bond acceptors (Lipinski definition) is 4. The summed E-state index contributed by atoms with van der Waals surface area (Å²) in [5, 5.41) is 2.77. The second-order valence-electron chi connectivity index (χ2n) is 7.86. The van der Waals surface area contributed by atoms with Gasteiger partial charge in [0.2, 0.25) is 0 Å². The highest BCUT2D eigenvalue weighted by Gasteiger charge is 2.24. The van der Waals surface area contributed by atoms with E-state index in [0.29, 0.717) is 6.07 Å². The number of carbonyl (C=O) groups is 1. The Bertz CT molecular complexity index is 1220. The zero-order valence-corrected chi connectivity index (χ0v) is 18.6. The van der Waals surface area contributed by atoms with Crippen LogP contribution in [0.3, 0.4) is 0 Å². The molecule has 0 radical (unpaired) electrons. The molecule has 6 nitrogen and oxygen atoms in total. The van der Waals surface area contributed by atoms with Gasteiger partial charge in [0.25, 0.3) is 5.56 Å². The van der Waals surface area contributed by atoms with E-state index in [-0.39, 0.29) is 32.5 Å². The molecule has 1 unspecified atom stereocenters. The second-order valence-corrected chi connectivity index (χ2v) is 8.67. The van der Waals surface area contributed by atoms with Gasteiger partial charge in [0.05, 0.1) is 32.7 Å². The van der Waals surface area contributed by atoms with Crippen LogP contribution in [0.4, 0.5) is 13.6 Å². The number of rotatable bonds is 3. The normalized spacial score (nSPS) is 12.6. The van der Waals surface area contributed by atoms with Gasteiger partial charge in [-0.25, -0.2) is 18.6 Å². The molecule has 31 heavy (non-hydrogen) atoms. The minimum atomic E-state index is -0.895. The number of alkyl carbamates (subject to hydrolysis) is 1. The quantitative estimate of drug-likeness (QED) is 0.545. The first-order valence-electron chi connectivity index (χ1n) is 9.24. The Morgan fingerprint density at radius 3 is 2.29 bits per heavy atom. The van der Waals surface area contributed by atoms with Crippen LogP contribution >= 0.6 is 23.2 Å². The number of fused-ring (bicyclic) bond motifs is 1. The first kappa shape index (κ1) is 23.0. The number of nitrogens with one attached hydrogen (secondary N) is 1. The fourth-order valence-electron chi connectivity index (χ4n) is 2.99. The van der Waals surface area contributed by atoms with Crippen LogP contribution in [0.1, 0.15) is 39.6 Å². The van der Waals surface area contributed by atoms with Crippen molar-refractivity contribution in [1.29, 1.82) is 0 Å². The number of nitrogens with zero attached hydrogens (tertiary/aromatic N) is 2. The average Bonchev–Trinajstić information content (AvgIpc) is 2.61. The van der Waals surface area contributed by atoms with E-state index in [9.17, 15) is 18.4 Å².